The van der Waals surface area contributed by atoms with Crippen LogP contribution in [0.4, 0.5) is 0 Å². The van der Waals surface area contributed by atoms with Crippen LogP contribution in [0.5, 0.6) is 0 Å². The fourth-order valence-electron chi connectivity index (χ4n) is 1.93. The van der Waals surface area contributed by atoms with E-state index in [1.807, 2.05) is 58.0 Å². The molecule has 3 heteroatoms. The second-order valence-electron chi connectivity index (χ2n) is 5.48. The molecule has 0 saturated heterocycles. The third kappa shape index (κ3) is 4.15. The number of hydrogen-bond acceptors (Lipinski definition) is 3. The molecule has 0 spiro atoms. The summed E-state index contributed by atoms with van der Waals surface area (Å²) < 4.78 is 5.34. The van der Waals surface area contributed by atoms with E-state index in [2.05, 4.69) is 0 Å². The van der Waals surface area contributed by atoms with Gasteiger partial charge >= 0.3 is 5.97 Å². The first-order valence-corrected chi connectivity index (χ1v) is 6.38. The van der Waals surface area contributed by atoms with Gasteiger partial charge in [-0.3, -0.25) is 4.79 Å². The van der Waals surface area contributed by atoms with E-state index >= 15 is 0 Å². The smallest absolute Gasteiger partial charge is 0.324 e. The van der Waals surface area contributed by atoms with Gasteiger partial charge in [-0.1, -0.05) is 37.3 Å². The van der Waals surface area contributed by atoms with Gasteiger partial charge in [-0.15, -0.1) is 0 Å². The van der Waals surface area contributed by atoms with Crippen molar-refractivity contribution in [3.05, 3.63) is 35.9 Å². The first kappa shape index (κ1) is 14.7. The molecule has 2 atom stereocenters. The highest BCUT2D eigenvalue weighted by Crippen LogP contribution is 2.23. The number of carbonyl (C=O) groups excluding carboxylic acids is 1. The van der Waals surface area contributed by atoms with Gasteiger partial charge in [-0.05, 0) is 32.8 Å². The van der Waals surface area contributed by atoms with E-state index in [1.54, 1.807) is 0 Å². The molecule has 0 aromatic heterocycles. The van der Waals surface area contributed by atoms with Gasteiger partial charge in [0.2, 0.25) is 0 Å². The Balaban J connectivity index is 2.80. The van der Waals surface area contributed by atoms with Crippen molar-refractivity contribution in [3.8, 4) is 0 Å². The summed E-state index contributed by atoms with van der Waals surface area (Å²) in [7, 11) is 0. The lowest BCUT2D eigenvalue weighted by Gasteiger charge is -2.26. The van der Waals surface area contributed by atoms with Crippen LogP contribution >= 0.6 is 0 Å². The van der Waals surface area contributed by atoms with Gasteiger partial charge in [0.15, 0.2) is 0 Å². The normalized spacial score (nSPS) is 14.9. The second kappa shape index (κ2) is 6.01. The van der Waals surface area contributed by atoms with Gasteiger partial charge in [0, 0.05) is 5.92 Å². The predicted molar refractivity (Wildman–Crippen MR) is 73.3 cm³/mol. The topological polar surface area (TPSA) is 52.3 Å². The van der Waals surface area contributed by atoms with E-state index in [-0.39, 0.29) is 11.9 Å². The van der Waals surface area contributed by atoms with Gasteiger partial charge in [-0.2, -0.15) is 0 Å². The van der Waals surface area contributed by atoms with Crippen LogP contribution in [0, 0.1) is 0 Å². The summed E-state index contributed by atoms with van der Waals surface area (Å²) >= 11 is 0. The van der Waals surface area contributed by atoms with Crippen molar-refractivity contribution in [2.24, 2.45) is 5.73 Å². The lowest BCUT2D eigenvalue weighted by atomic mass is 9.89. The molecular weight excluding hydrogens is 226 g/mol. The van der Waals surface area contributed by atoms with E-state index < -0.39 is 11.6 Å². The third-order valence-electron chi connectivity index (χ3n) is 2.78. The molecule has 0 radical (unpaired) electrons. The van der Waals surface area contributed by atoms with Crippen molar-refractivity contribution in [2.45, 2.75) is 51.7 Å². The average Bonchev–Trinajstić information content (AvgIpc) is 2.29. The number of esters is 1. The van der Waals surface area contributed by atoms with Crippen molar-refractivity contribution in [3.63, 3.8) is 0 Å². The summed E-state index contributed by atoms with van der Waals surface area (Å²) in [5.74, 6) is -0.334. The molecule has 2 unspecified atom stereocenters. The Morgan fingerprint density at radius 2 is 1.83 bits per heavy atom. The standard InChI is InChI=1S/C15H23NO2/c1-5-12(11-9-7-6-8-10-11)13(16)14(17)18-15(2,3)4/h6-10,12-13H,5,16H2,1-4H3. The first-order valence-electron chi connectivity index (χ1n) is 6.38. The number of hydrogen-bond donors (Lipinski definition) is 1. The largest absolute Gasteiger partial charge is 0.459 e. The minimum absolute atomic E-state index is 0.000972. The Kier molecular flexibility index (Phi) is 4.91. The van der Waals surface area contributed by atoms with E-state index in [0.29, 0.717) is 0 Å². The molecule has 0 aliphatic heterocycles. The van der Waals surface area contributed by atoms with E-state index in [9.17, 15) is 4.79 Å². The number of carbonyl (C=O) groups is 1. The minimum atomic E-state index is -0.614. The van der Waals surface area contributed by atoms with Gasteiger partial charge in [0.1, 0.15) is 11.6 Å². The van der Waals surface area contributed by atoms with Crippen LogP contribution < -0.4 is 5.73 Å². The molecule has 100 valence electrons. The van der Waals surface area contributed by atoms with Crippen molar-refractivity contribution in [1.82, 2.24) is 0 Å². The summed E-state index contributed by atoms with van der Waals surface area (Å²) in [6.45, 7) is 7.57. The van der Waals surface area contributed by atoms with Crippen molar-refractivity contribution < 1.29 is 9.53 Å². The Hall–Kier alpha value is -1.35. The summed E-state index contributed by atoms with van der Waals surface area (Å²) in [5, 5.41) is 0. The summed E-state index contributed by atoms with van der Waals surface area (Å²) in [6, 6.07) is 9.25. The molecule has 1 aromatic carbocycles. The zero-order valence-corrected chi connectivity index (χ0v) is 11.6. The molecule has 0 aliphatic rings. The Bertz CT molecular complexity index is 381. The van der Waals surface area contributed by atoms with Gasteiger partial charge < -0.3 is 10.5 Å². The van der Waals surface area contributed by atoms with Crippen LogP contribution in [0.15, 0.2) is 30.3 Å². The fraction of sp³-hybridized carbons (Fsp3) is 0.533. The SMILES string of the molecule is CCC(c1ccccc1)C(N)C(=O)OC(C)(C)C. The molecule has 0 saturated carbocycles. The number of rotatable bonds is 4. The van der Waals surface area contributed by atoms with Gasteiger partial charge in [0.05, 0.1) is 0 Å². The quantitative estimate of drug-likeness (QED) is 0.835. The fourth-order valence-corrected chi connectivity index (χ4v) is 1.93. The van der Waals surface area contributed by atoms with E-state index in [0.717, 1.165) is 12.0 Å². The van der Waals surface area contributed by atoms with Gasteiger partial charge in [0.25, 0.3) is 0 Å². The zero-order valence-electron chi connectivity index (χ0n) is 11.6. The summed E-state index contributed by atoms with van der Waals surface area (Å²) in [4.78, 5) is 12.0. The predicted octanol–water partition coefficient (Wildman–Crippen LogP) is 2.85. The van der Waals surface area contributed by atoms with E-state index in [1.165, 1.54) is 0 Å². The molecule has 0 aliphatic carbocycles. The molecular formula is C15H23NO2. The molecule has 1 rings (SSSR count). The van der Waals surface area contributed by atoms with Crippen LogP contribution in [0.25, 0.3) is 0 Å². The van der Waals surface area contributed by atoms with Crippen LogP contribution in [0.3, 0.4) is 0 Å². The molecule has 2 N–H and O–H groups in total. The maximum Gasteiger partial charge on any atom is 0.324 e. The maximum atomic E-state index is 12.0. The number of ether oxygens (including phenoxy) is 1. The highest BCUT2D eigenvalue weighted by Gasteiger charge is 2.28. The van der Waals surface area contributed by atoms with Crippen LogP contribution in [-0.4, -0.2) is 17.6 Å². The molecule has 3 nitrogen and oxygen atoms in total. The maximum absolute atomic E-state index is 12.0. The third-order valence-corrected chi connectivity index (χ3v) is 2.78. The van der Waals surface area contributed by atoms with Crippen molar-refractivity contribution >= 4 is 5.97 Å². The van der Waals surface area contributed by atoms with Crippen LogP contribution in [-0.2, 0) is 9.53 Å². The highest BCUT2D eigenvalue weighted by atomic mass is 16.6. The molecule has 1 aromatic rings. The monoisotopic (exact) mass is 249 g/mol. The lowest BCUT2D eigenvalue weighted by molar-refractivity contribution is -0.157. The van der Waals surface area contributed by atoms with E-state index in [4.69, 9.17) is 10.5 Å². The van der Waals surface area contributed by atoms with Crippen LogP contribution in [0.2, 0.25) is 0 Å². The van der Waals surface area contributed by atoms with Gasteiger partial charge in [-0.25, -0.2) is 0 Å². The second-order valence-corrected chi connectivity index (χ2v) is 5.48. The molecule has 0 amide bonds. The molecule has 18 heavy (non-hydrogen) atoms. The lowest BCUT2D eigenvalue weighted by Crippen LogP contribution is -2.41. The Labute approximate surface area is 109 Å². The first-order chi connectivity index (χ1) is 8.35. The van der Waals surface area contributed by atoms with Crippen molar-refractivity contribution in [1.29, 1.82) is 0 Å². The van der Waals surface area contributed by atoms with Crippen molar-refractivity contribution in [2.75, 3.05) is 0 Å². The Morgan fingerprint density at radius 1 is 1.28 bits per heavy atom. The Morgan fingerprint density at radius 3 is 2.28 bits per heavy atom. The minimum Gasteiger partial charge on any atom is -0.459 e. The molecule has 0 bridgehead atoms. The van der Waals surface area contributed by atoms with Crippen LogP contribution in [0.1, 0.15) is 45.6 Å². The average molecular weight is 249 g/mol. The zero-order chi connectivity index (χ0) is 13.8. The highest BCUT2D eigenvalue weighted by molar-refractivity contribution is 5.77. The molecule has 0 fully saturated rings. The molecule has 0 heterocycles. The summed E-state index contributed by atoms with van der Waals surface area (Å²) in [6.07, 6.45) is 0.810. The number of nitrogens with two attached hydrogens (primary N) is 1. The number of benzene rings is 1. The summed E-state index contributed by atoms with van der Waals surface area (Å²) in [5.41, 5.74) is 6.62.